The number of ether oxygens (including phenoxy) is 2. The third-order valence-corrected chi connectivity index (χ3v) is 5.32. The van der Waals surface area contributed by atoms with E-state index in [1.807, 2.05) is 13.8 Å². The molecule has 0 unspecified atom stereocenters. The Kier molecular flexibility index (Phi) is 6.23. The average Bonchev–Trinajstić information content (AvgIpc) is 3.11. The van der Waals surface area contributed by atoms with E-state index in [1.54, 1.807) is 0 Å². The summed E-state index contributed by atoms with van der Waals surface area (Å²) in [5, 5.41) is 17.4. The maximum Gasteiger partial charge on any atom is 0.509 e. The quantitative estimate of drug-likeness (QED) is 0.758. The monoisotopic (exact) mass is 351 g/mol. The van der Waals surface area contributed by atoms with Crippen molar-refractivity contribution in [2.24, 2.45) is 23.7 Å². The van der Waals surface area contributed by atoms with Crippen molar-refractivity contribution >= 4 is 6.16 Å². The summed E-state index contributed by atoms with van der Waals surface area (Å²) in [6.07, 6.45) is 5.78. The van der Waals surface area contributed by atoms with Gasteiger partial charge in [-0.1, -0.05) is 20.3 Å². The van der Waals surface area contributed by atoms with Crippen LogP contribution in [0.25, 0.3) is 0 Å². The SMILES string of the molecule is CC(C)COC(=O)O[C@H]1C[C@H]2C[C@@H](CCc3nnn[nH]3)CC[C@H]2CN1. The van der Waals surface area contributed by atoms with Crippen molar-refractivity contribution in [3.05, 3.63) is 5.82 Å². The molecule has 2 heterocycles. The molecule has 2 aliphatic rings. The van der Waals surface area contributed by atoms with Gasteiger partial charge in [-0.3, -0.25) is 5.32 Å². The number of H-pyrrole nitrogens is 1. The number of hydrogen-bond acceptors (Lipinski definition) is 7. The van der Waals surface area contributed by atoms with Crippen molar-refractivity contribution in [3.8, 4) is 0 Å². The van der Waals surface area contributed by atoms with Crippen LogP contribution in [0, 0.1) is 23.7 Å². The third kappa shape index (κ3) is 5.39. The van der Waals surface area contributed by atoms with Crippen LogP contribution in [0.5, 0.6) is 0 Å². The van der Waals surface area contributed by atoms with Crippen molar-refractivity contribution in [1.82, 2.24) is 25.9 Å². The number of aryl methyl sites for hydroxylation is 1. The number of aromatic nitrogens is 4. The highest BCUT2D eigenvalue weighted by Gasteiger charge is 2.36. The Labute approximate surface area is 148 Å². The zero-order chi connectivity index (χ0) is 17.6. The Balaban J connectivity index is 1.42. The summed E-state index contributed by atoms with van der Waals surface area (Å²) in [6.45, 7) is 5.34. The normalized spacial score (nSPS) is 29.2. The number of hydrogen-bond donors (Lipinski definition) is 2. The van der Waals surface area contributed by atoms with E-state index in [9.17, 15) is 4.79 Å². The second-order valence-corrected chi connectivity index (χ2v) is 7.79. The Hall–Kier alpha value is -1.70. The second-order valence-electron chi connectivity index (χ2n) is 7.79. The standard InChI is InChI=1S/C17H29N5O3/c1-11(2)10-24-17(23)25-16-8-14-7-12(3-5-13(14)9-18-16)4-6-15-19-21-22-20-15/h11-14,16,18H,3-10H2,1-2H3,(H,19,20,21,22)/t12-,13+,14-,16+/m1/s1. The van der Waals surface area contributed by atoms with Gasteiger partial charge >= 0.3 is 6.16 Å². The van der Waals surface area contributed by atoms with Crippen LogP contribution in [0.2, 0.25) is 0 Å². The number of rotatable bonds is 6. The lowest BCUT2D eigenvalue weighted by atomic mass is 9.70. The molecule has 3 rings (SSSR count). The summed E-state index contributed by atoms with van der Waals surface area (Å²) in [5.74, 6) is 3.17. The zero-order valence-electron chi connectivity index (χ0n) is 15.1. The molecule has 0 bridgehead atoms. The van der Waals surface area contributed by atoms with Crippen LogP contribution in [-0.2, 0) is 15.9 Å². The van der Waals surface area contributed by atoms with E-state index in [0.717, 1.165) is 31.6 Å². The highest BCUT2D eigenvalue weighted by molar-refractivity contribution is 5.60. The first kappa shape index (κ1) is 18.1. The van der Waals surface area contributed by atoms with Crippen LogP contribution in [0.3, 0.4) is 0 Å². The predicted octanol–water partition coefficient (Wildman–Crippen LogP) is 2.29. The van der Waals surface area contributed by atoms with Crippen LogP contribution >= 0.6 is 0 Å². The maximum atomic E-state index is 11.8. The number of carbonyl (C=O) groups is 1. The first-order valence-corrected chi connectivity index (χ1v) is 9.39. The van der Waals surface area contributed by atoms with Crippen LogP contribution in [0.4, 0.5) is 4.79 Å². The van der Waals surface area contributed by atoms with Crippen LogP contribution in [-0.4, -0.2) is 46.2 Å². The number of nitrogens with zero attached hydrogens (tertiary/aromatic N) is 3. The molecule has 1 aliphatic heterocycles. The largest absolute Gasteiger partial charge is 0.509 e. The Morgan fingerprint density at radius 3 is 2.92 bits per heavy atom. The first-order chi connectivity index (χ1) is 12.1. The molecule has 0 radical (unpaired) electrons. The molecule has 0 spiro atoms. The molecule has 1 saturated carbocycles. The zero-order valence-corrected chi connectivity index (χ0v) is 15.1. The molecule has 8 nitrogen and oxygen atoms in total. The molecule has 1 aromatic rings. The number of aromatic amines is 1. The van der Waals surface area contributed by atoms with E-state index in [0.29, 0.717) is 30.3 Å². The molecule has 1 aliphatic carbocycles. The van der Waals surface area contributed by atoms with Crippen LogP contribution in [0.15, 0.2) is 0 Å². The number of nitrogens with one attached hydrogen (secondary N) is 2. The lowest BCUT2D eigenvalue weighted by Gasteiger charge is -2.42. The molecule has 2 N–H and O–H groups in total. The number of fused-ring (bicyclic) bond motifs is 1. The van der Waals surface area contributed by atoms with Gasteiger partial charge in [0.1, 0.15) is 5.82 Å². The molecule has 140 valence electrons. The molecule has 2 fully saturated rings. The molecule has 4 atom stereocenters. The summed E-state index contributed by atoms with van der Waals surface area (Å²) in [5.41, 5.74) is 0. The van der Waals surface area contributed by atoms with Gasteiger partial charge in [-0.05, 0) is 53.4 Å². The lowest BCUT2D eigenvalue weighted by Crippen LogP contribution is -2.48. The average molecular weight is 351 g/mol. The fourth-order valence-corrected chi connectivity index (χ4v) is 3.98. The summed E-state index contributed by atoms with van der Waals surface area (Å²) < 4.78 is 10.6. The fraction of sp³-hybridized carbons (Fsp3) is 0.882. The smallest absolute Gasteiger partial charge is 0.434 e. The Morgan fingerprint density at radius 1 is 1.28 bits per heavy atom. The molecule has 0 aromatic carbocycles. The summed E-state index contributed by atoms with van der Waals surface area (Å²) in [6, 6.07) is 0. The van der Waals surface area contributed by atoms with Gasteiger partial charge in [0.25, 0.3) is 0 Å². The highest BCUT2D eigenvalue weighted by atomic mass is 16.7. The van der Waals surface area contributed by atoms with Gasteiger partial charge in [0.05, 0.1) is 6.61 Å². The molecule has 0 amide bonds. The minimum absolute atomic E-state index is 0.224. The Morgan fingerprint density at radius 2 is 2.16 bits per heavy atom. The van der Waals surface area contributed by atoms with Crippen molar-refractivity contribution in [3.63, 3.8) is 0 Å². The summed E-state index contributed by atoms with van der Waals surface area (Å²) >= 11 is 0. The van der Waals surface area contributed by atoms with Gasteiger partial charge in [-0.2, -0.15) is 0 Å². The van der Waals surface area contributed by atoms with Crippen molar-refractivity contribution < 1.29 is 14.3 Å². The van der Waals surface area contributed by atoms with Gasteiger partial charge in [0.15, 0.2) is 6.23 Å². The van der Waals surface area contributed by atoms with Crippen LogP contribution in [0.1, 0.15) is 51.8 Å². The minimum atomic E-state index is -0.560. The van der Waals surface area contributed by atoms with E-state index in [1.165, 1.54) is 19.3 Å². The van der Waals surface area contributed by atoms with Crippen LogP contribution < -0.4 is 5.32 Å². The van der Waals surface area contributed by atoms with Gasteiger partial charge in [0, 0.05) is 19.4 Å². The second kappa shape index (κ2) is 8.60. The predicted molar refractivity (Wildman–Crippen MR) is 90.5 cm³/mol. The molecule has 8 heteroatoms. The highest BCUT2D eigenvalue weighted by Crippen LogP contribution is 2.40. The first-order valence-electron chi connectivity index (χ1n) is 9.39. The summed E-state index contributed by atoms with van der Waals surface area (Å²) in [4.78, 5) is 11.8. The van der Waals surface area contributed by atoms with Crippen molar-refractivity contribution in [1.29, 1.82) is 0 Å². The fourth-order valence-electron chi connectivity index (χ4n) is 3.98. The van der Waals surface area contributed by atoms with E-state index in [2.05, 4.69) is 25.9 Å². The topological polar surface area (TPSA) is 102 Å². The third-order valence-electron chi connectivity index (χ3n) is 5.32. The molecule has 1 aromatic heterocycles. The Bertz CT molecular complexity index is 536. The number of piperidine rings is 1. The van der Waals surface area contributed by atoms with Crippen molar-refractivity contribution in [2.45, 2.75) is 58.6 Å². The summed E-state index contributed by atoms with van der Waals surface area (Å²) in [7, 11) is 0. The van der Waals surface area contributed by atoms with E-state index in [-0.39, 0.29) is 6.23 Å². The van der Waals surface area contributed by atoms with Crippen molar-refractivity contribution in [2.75, 3.05) is 13.2 Å². The maximum absolute atomic E-state index is 11.8. The van der Waals surface area contributed by atoms with Gasteiger partial charge < -0.3 is 9.47 Å². The minimum Gasteiger partial charge on any atom is -0.434 e. The van der Waals surface area contributed by atoms with E-state index >= 15 is 0 Å². The van der Waals surface area contributed by atoms with E-state index in [4.69, 9.17) is 9.47 Å². The molecule has 1 saturated heterocycles. The van der Waals surface area contributed by atoms with Gasteiger partial charge in [-0.15, -0.1) is 5.10 Å². The molecule has 25 heavy (non-hydrogen) atoms. The number of tetrazole rings is 1. The molecular weight excluding hydrogens is 322 g/mol. The van der Waals surface area contributed by atoms with E-state index < -0.39 is 6.16 Å². The number of carbonyl (C=O) groups excluding carboxylic acids is 1. The van der Waals surface area contributed by atoms with Gasteiger partial charge in [0.2, 0.25) is 0 Å². The lowest BCUT2D eigenvalue weighted by molar-refractivity contribution is -0.0303. The molecular formula is C17H29N5O3. The van der Waals surface area contributed by atoms with Gasteiger partial charge in [-0.25, -0.2) is 9.89 Å².